The van der Waals surface area contributed by atoms with Crippen LogP contribution in [0.3, 0.4) is 0 Å². The largest absolute Gasteiger partial charge is 0.382 e. The second kappa shape index (κ2) is 5.59. The summed E-state index contributed by atoms with van der Waals surface area (Å²) in [7, 11) is 0. The molecule has 1 aromatic heterocycles. The van der Waals surface area contributed by atoms with E-state index in [4.69, 9.17) is 17.3 Å². The van der Waals surface area contributed by atoms with Crippen molar-refractivity contribution in [2.75, 3.05) is 5.73 Å². The summed E-state index contributed by atoms with van der Waals surface area (Å²) < 4.78 is 0. The van der Waals surface area contributed by atoms with Gasteiger partial charge in [-0.3, -0.25) is 0 Å². The Morgan fingerprint density at radius 1 is 1.17 bits per heavy atom. The van der Waals surface area contributed by atoms with Crippen LogP contribution in [0.25, 0.3) is 0 Å². The first-order valence-electron chi connectivity index (χ1n) is 5.52. The van der Waals surface area contributed by atoms with E-state index >= 15 is 0 Å². The van der Waals surface area contributed by atoms with Gasteiger partial charge in [-0.1, -0.05) is 52.7 Å². The summed E-state index contributed by atoms with van der Waals surface area (Å²) in [6.45, 7) is 4.19. The summed E-state index contributed by atoms with van der Waals surface area (Å²) >= 11 is 7.62. The molecule has 94 valence electrons. The minimum absolute atomic E-state index is 0.328. The molecule has 0 fully saturated rings. The van der Waals surface area contributed by atoms with E-state index in [2.05, 4.69) is 42.0 Å². The van der Waals surface area contributed by atoms with Crippen molar-refractivity contribution >= 4 is 29.2 Å². The SMILES string of the molecule is Cc1cc(C)cc(CSc2ncnc(N)c2Cl)c1. The van der Waals surface area contributed by atoms with Crippen molar-refractivity contribution in [1.82, 2.24) is 9.97 Å². The number of hydrogen-bond donors (Lipinski definition) is 1. The van der Waals surface area contributed by atoms with Gasteiger partial charge >= 0.3 is 0 Å². The average molecular weight is 280 g/mol. The van der Waals surface area contributed by atoms with Gasteiger partial charge in [0.1, 0.15) is 22.2 Å². The molecular formula is C13H14ClN3S. The lowest BCUT2D eigenvalue weighted by molar-refractivity contribution is 1.05. The minimum Gasteiger partial charge on any atom is -0.382 e. The summed E-state index contributed by atoms with van der Waals surface area (Å²) in [5, 5.41) is 1.16. The number of benzene rings is 1. The van der Waals surface area contributed by atoms with E-state index in [0.29, 0.717) is 10.8 Å². The first-order chi connectivity index (χ1) is 8.56. The average Bonchev–Trinajstić information content (AvgIpc) is 2.30. The van der Waals surface area contributed by atoms with Crippen LogP contribution >= 0.6 is 23.4 Å². The van der Waals surface area contributed by atoms with Gasteiger partial charge in [0.25, 0.3) is 0 Å². The fourth-order valence-corrected chi connectivity index (χ4v) is 2.86. The number of nitrogen functional groups attached to an aromatic ring is 1. The normalized spacial score (nSPS) is 10.6. The topological polar surface area (TPSA) is 51.8 Å². The van der Waals surface area contributed by atoms with Crippen molar-refractivity contribution in [2.24, 2.45) is 0 Å². The Labute approximate surface area is 116 Å². The van der Waals surface area contributed by atoms with Gasteiger partial charge in [-0.25, -0.2) is 9.97 Å². The highest BCUT2D eigenvalue weighted by Crippen LogP contribution is 2.30. The first kappa shape index (κ1) is 13.2. The molecule has 0 spiro atoms. The Morgan fingerprint density at radius 3 is 2.50 bits per heavy atom. The van der Waals surface area contributed by atoms with Crippen molar-refractivity contribution in [3.05, 3.63) is 46.2 Å². The quantitative estimate of drug-likeness (QED) is 0.689. The molecule has 18 heavy (non-hydrogen) atoms. The van der Waals surface area contributed by atoms with E-state index < -0.39 is 0 Å². The van der Waals surface area contributed by atoms with E-state index in [1.165, 1.54) is 23.0 Å². The summed E-state index contributed by atoms with van der Waals surface area (Å²) in [5.41, 5.74) is 9.42. The van der Waals surface area contributed by atoms with Crippen LogP contribution in [0.4, 0.5) is 5.82 Å². The molecule has 1 heterocycles. The van der Waals surface area contributed by atoms with Crippen LogP contribution in [-0.4, -0.2) is 9.97 Å². The predicted octanol–water partition coefficient (Wildman–Crippen LogP) is 3.62. The fraction of sp³-hybridized carbons (Fsp3) is 0.231. The number of nitrogens with two attached hydrogens (primary N) is 1. The summed E-state index contributed by atoms with van der Waals surface area (Å²) in [6.07, 6.45) is 1.44. The molecule has 3 nitrogen and oxygen atoms in total. The first-order valence-corrected chi connectivity index (χ1v) is 6.88. The summed E-state index contributed by atoms with van der Waals surface area (Å²) in [6, 6.07) is 6.49. The maximum Gasteiger partial charge on any atom is 0.146 e. The third kappa shape index (κ3) is 3.15. The van der Waals surface area contributed by atoms with Crippen LogP contribution < -0.4 is 5.73 Å². The molecule has 0 atom stereocenters. The Hall–Kier alpha value is -1.26. The molecule has 0 aliphatic rings. The van der Waals surface area contributed by atoms with Gasteiger partial charge < -0.3 is 5.73 Å². The van der Waals surface area contributed by atoms with Gasteiger partial charge in [-0.05, 0) is 19.4 Å². The number of aromatic nitrogens is 2. The van der Waals surface area contributed by atoms with Crippen LogP contribution in [0.2, 0.25) is 5.02 Å². The van der Waals surface area contributed by atoms with Gasteiger partial charge in [0.2, 0.25) is 0 Å². The smallest absolute Gasteiger partial charge is 0.146 e. The van der Waals surface area contributed by atoms with Crippen molar-refractivity contribution < 1.29 is 0 Å². The molecule has 5 heteroatoms. The van der Waals surface area contributed by atoms with Crippen LogP contribution in [0, 0.1) is 13.8 Å². The standard InChI is InChI=1S/C13H14ClN3S/c1-8-3-9(2)5-10(4-8)6-18-13-11(14)12(15)16-7-17-13/h3-5,7H,6H2,1-2H3,(H2,15,16,17). The molecule has 2 rings (SSSR count). The van der Waals surface area contributed by atoms with E-state index in [1.807, 2.05) is 0 Å². The highest BCUT2D eigenvalue weighted by atomic mass is 35.5. The molecule has 1 aromatic carbocycles. The number of anilines is 1. The lowest BCUT2D eigenvalue weighted by Gasteiger charge is -2.06. The van der Waals surface area contributed by atoms with E-state index in [1.54, 1.807) is 11.8 Å². The number of nitrogens with zero attached hydrogens (tertiary/aromatic N) is 2. The monoisotopic (exact) mass is 279 g/mol. The number of thioether (sulfide) groups is 1. The number of aryl methyl sites for hydroxylation is 2. The third-order valence-electron chi connectivity index (χ3n) is 2.44. The van der Waals surface area contributed by atoms with Gasteiger partial charge in [-0.2, -0.15) is 0 Å². The Bertz CT molecular complexity index is 552. The van der Waals surface area contributed by atoms with Gasteiger partial charge in [0, 0.05) is 5.75 Å². The Morgan fingerprint density at radius 2 is 1.83 bits per heavy atom. The highest BCUT2D eigenvalue weighted by Gasteiger charge is 2.07. The molecule has 0 bridgehead atoms. The van der Waals surface area contributed by atoms with E-state index in [0.717, 1.165) is 10.8 Å². The maximum absolute atomic E-state index is 6.05. The molecule has 0 saturated heterocycles. The van der Waals surface area contributed by atoms with Gasteiger partial charge in [-0.15, -0.1) is 0 Å². The highest BCUT2D eigenvalue weighted by molar-refractivity contribution is 7.98. The zero-order valence-electron chi connectivity index (χ0n) is 10.3. The second-order valence-electron chi connectivity index (χ2n) is 4.16. The Kier molecular flexibility index (Phi) is 4.09. The Balaban J connectivity index is 2.14. The van der Waals surface area contributed by atoms with E-state index in [-0.39, 0.29) is 0 Å². The van der Waals surface area contributed by atoms with Crippen molar-refractivity contribution in [1.29, 1.82) is 0 Å². The molecule has 0 amide bonds. The number of hydrogen-bond acceptors (Lipinski definition) is 4. The van der Waals surface area contributed by atoms with Crippen molar-refractivity contribution in [2.45, 2.75) is 24.6 Å². The fourth-order valence-electron chi connectivity index (χ4n) is 1.77. The molecule has 0 saturated carbocycles. The molecule has 2 aromatic rings. The zero-order valence-corrected chi connectivity index (χ0v) is 11.8. The van der Waals surface area contributed by atoms with Crippen molar-refractivity contribution in [3.63, 3.8) is 0 Å². The molecule has 0 radical (unpaired) electrons. The second-order valence-corrected chi connectivity index (χ2v) is 5.50. The van der Waals surface area contributed by atoms with Gasteiger partial charge in [0.05, 0.1) is 0 Å². The van der Waals surface area contributed by atoms with Crippen LogP contribution in [-0.2, 0) is 5.75 Å². The lowest BCUT2D eigenvalue weighted by Crippen LogP contribution is -1.95. The summed E-state index contributed by atoms with van der Waals surface area (Å²) in [4.78, 5) is 7.98. The maximum atomic E-state index is 6.05. The van der Waals surface area contributed by atoms with Crippen molar-refractivity contribution in [3.8, 4) is 0 Å². The predicted molar refractivity (Wildman–Crippen MR) is 76.9 cm³/mol. The van der Waals surface area contributed by atoms with Crippen LogP contribution in [0.5, 0.6) is 0 Å². The van der Waals surface area contributed by atoms with Crippen LogP contribution in [0.1, 0.15) is 16.7 Å². The molecular weight excluding hydrogens is 266 g/mol. The zero-order chi connectivity index (χ0) is 13.1. The van der Waals surface area contributed by atoms with Crippen LogP contribution in [0.15, 0.2) is 29.6 Å². The van der Waals surface area contributed by atoms with E-state index in [9.17, 15) is 0 Å². The minimum atomic E-state index is 0.328. The number of halogens is 1. The summed E-state index contributed by atoms with van der Waals surface area (Å²) in [5.74, 6) is 1.15. The molecule has 2 N–H and O–H groups in total. The number of rotatable bonds is 3. The third-order valence-corrected chi connectivity index (χ3v) is 3.99. The lowest BCUT2D eigenvalue weighted by atomic mass is 10.1. The molecule has 0 aliphatic carbocycles. The van der Waals surface area contributed by atoms with Gasteiger partial charge in [0.15, 0.2) is 0 Å². The molecule has 0 unspecified atom stereocenters. The molecule has 0 aliphatic heterocycles.